The summed E-state index contributed by atoms with van der Waals surface area (Å²) in [7, 11) is 0. The smallest absolute Gasteiger partial charge is 0.231 e. The largest absolute Gasteiger partial charge is 0.339 e. The highest BCUT2D eigenvalue weighted by Gasteiger charge is 2.28. The zero-order valence-electron chi connectivity index (χ0n) is 11.6. The minimum absolute atomic E-state index is 0.0594. The van der Waals surface area contributed by atoms with Crippen molar-refractivity contribution in [3.05, 3.63) is 46.3 Å². The van der Waals surface area contributed by atoms with Gasteiger partial charge in [-0.3, -0.25) is 0 Å². The van der Waals surface area contributed by atoms with Gasteiger partial charge in [-0.25, -0.2) is 4.39 Å². The SMILES string of the molecule is NC1CCCCC1c1nc(Cc2c(F)cccc2Cl)no1. The van der Waals surface area contributed by atoms with Crippen LogP contribution in [0.15, 0.2) is 22.7 Å². The first-order chi connectivity index (χ1) is 10.1. The molecule has 6 heteroatoms. The lowest BCUT2D eigenvalue weighted by Crippen LogP contribution is -2.31. The Balaban J connectivity index is 1.79. The van der Waals surface area contributed by atoms with Gasteiger partial charge in [-0.15, -0.1) is 0 Å². The number of halogens is 2. The van der Waals surface area contributed by atoms with Crippen LogP contribution >= 0.6 is 11.6 Å². The molecule has 1 aliphatic carbocycles. The van der Waals surface area contributed by atoms with Crippen LogP contribution in [0.5, 0.6) is 0 Å². The maximum absolute atomic E-state index is 13.8. The van der Waals surface area contributed by atoms with E-state index in [1.807, 2.05) is 0 Å². The van der Waals surface area contributed by atoms with Gasteiger partial charge in [0.15, 0.2) is 5.82 Å². The monoisotopic (exact) mass is 309 g/mol. The summed E-state index contributed by atoms with van der Waals surface area (Å²) in [4.78, 5) is 4.38. The minimum Gasteiger partial charge on any atom is -0.339 e. The number of nitrogens with zero attached hydrogens (tertiary/aromatic N) is 2. The number of rotatable bonds is 3. The maximum atomic E-state index is 13.8. The molecule has 2 aromatic rings. The second kappa shape index (κ2) is 6.12. The Hall–Kier alpha value is -1.46. The molecule has 0 spiro atoms. The molecule has 0 aliphatic heterocycles. The zero-order valence-corrected chi connectivity index (χ0v) is 12.3. The molecule has 0 bridgehead atoms. The lowest BCUT2D eigenvalue weighted by molar-refractivity contribution is 0.289. The fourth-order valence-corrected chi connectivity index (χ4v) is 3.05. The van der Waals surface area contributed by atoms with Crippen molar-refractivity contribution >= 4 is 11.6 Å². The molecule has 1 aliphatic rings. The first kappa shape index (κ1) is 14.5. The molecule has 1 heterocycles. The second-order valence-corrected chi connectivity index (χ2v) is 5.89. The van der Waals surface area contributed by atoms with Crippen molar-refractivity contribution in [2.75, 3.05) is 0 Å². The first-order valence-electron chi connectivity index (χ1n) is 7.16. The predicted molar refractivity (Wildman–Crippen MR) is 77.7 cm³/mol. The molecule has 4 nitrogen and oxygen atoms in total. The van der Waals surface area contributed by atoms with Crippen molar-refractivity contribution in [3.63, 3.8) is 0 Å². The van der Waals surface area contributed by atoms with Gasteiger partial charge in [0.2, 0.25) is 5.89 Å². The Kier molecular flexibility index (Phi) is 4.22. The molecule has 2 atom stereocenters. The van der Waals surface area contributed by atoms with Gasteiger partial charge in [-0.1, -0.05) is 35.7 Å². The van der Waals surface area contributed by atoms with Crippen molar-refractivity contribution in [2.24, 2.45) is 5.73 Å². The number of benzene rings is 1. The fraction of sp³-hybridized carbons (Fsp3) is 0.467. The molecule has 2 unspecified atom stereocenters. The average Bonchev–Trinajstić information content (AvgIpc) is 2.92. The Labute approximate surface area is 127 Å². The molecule has 1 saturated carbocycles. The molecule has 3 rings (SSSR count). The van der Waals surface area contributed by atoms with E-state index in [0.29, 0.717) is 22.3 Å². The molecular weight excluding hydrogens is 293 g/mol. The molecule has 1 fully saturated rings. The molecule has 1 aromatic carbocycles. The summed E-state index contributed by atoms with van der Waals surface area (Å²) < 4.78 is 19.1. The second-order valence-electron chi connectivity index (χ2n) is 5.48. The van der Waals surface area contributed by atoms with Crippen molar-refractivity contribution in [1.82, 2.24) is 10.1 Å². The molecular formula is C15H17ClFN3O. The van der Waals surface area contributed by atoms with E-state index in [4.69, 9.17) is 21.9 Å². The van der Waals surface area contributed by atoms with Crippen molar-refractivity contribution < 1.29 is 8.91 Å². The van der Waals surface area contributed by atoms with Crippen LogP contribution in [0, 0.1) is 5.82 Å². The normalized spacial score (nSPS) is 22.4. The van der Waals surface area contributed by atoms with Gasteiger partial charge in [0.1, 0.15) is 5.82 Å². The van der Waals surface area contributed by atoms with Gasteiger partial charge in [0.25, 0.3) is 0 Å². The van der Waals surface area contributed by atoms with Crippen LogP contribution < -0.4 is 5.73 Å². The Morgan fingerprint density at radius 2 is 2.14 bits per heavy atom. The van der Waals surface area contributed by atoms with E-state index >= 15 is 0 Å². The minimum atomic E-state index is -0.358. The Morgan fingerprint density at radius 3 is 2.90 bits per heavy atom. The molecule has 0 amide bonds. The summed E-state index contributed by atoms with van der Waals surface area (Å²) >= 11 is 6.01. The molecule has 0 radical (unpaired) electrons. The highest BCUT2D eigenvalue weighted by molar-refractivity contribution is 6.31. The summed E-state index contributed by atoms with van der Waals surface area (Å²) in [6.45, 7) is 0. The van der Waals surface area contributed by atoms with E-state index < -0.39 is 0 Å². The third-order valence-corrected chi connectivity index (χ3v) is 4.37. The van der Waals surface area contributed by atoms with Crippen LogP contribution in [0.25, 0.3) is 0 Å². The average molecular weight is 310 g/mol. The number of aromatic nitrogens is 2. The lowest BCUT2D eigenvalue weighted by Gasteiger charge is -2.25. The van der Waals surface area contributed by atoms with Crippen molar-refractivity contribution in [1.29, 1.82) is 0 Å². The summed E-state index contributed by atoms with van der Waals surface area (Å²) in [6, 6.07) is 4.66. The number of hydrogen-bond donors (Lipinski definition) is 1. The van der Waals surface area contributed by atoms with Gasteiger partial charge < -0.3 is 10.3 Å². The maximum Gasteiger partial charge on any atom is 0.231 e. The van der Waals surface area contributed by atoms with Gasteiger partial charge in [0.05, 0.1) is 5.92 Å². The lowest BCUT2D eigenvalue weighted by atomic mass is 9.85. The summed E-state index contributed by atoms with van der Waals surface area (Å²) in [5.74, 6) is 0.749. The quantitative estimate of drug-likeness (QED) is 0.943. The Morgan fingerprint density at radius 1 is 1.33 bits per heavy atom. The molecule has 21 heavy (non-hydrogen) atoms. The van der Waals surface area contributed by atoms with Gasteiger partial charge in [-0.2, -0.15) is 4.98 Å². The predicted octanol–water partition coefficient (Wildman–Crippen LogP) is 3.44. The van der Waals surface area contributed by atoms with Gasteiger partial charge in [0, 0.05) is 23.0 Å². The Bertz CT molecular complexity index is 611. The van der Waals surface area contributed by atoms with Crippen molar-refractivity contribution in [2.45, 2.75) is 44.1 Å². The van der Waals surface area contributed by atoms with Crippen LogP contribution in [0.4, 0.5) is 4.39 Å². The first-order valence-corrected chi connectivity index (χ1v) is 7.54. The fourth-order valence-electron chi connectivity index (χ4n) is 2.82. The molecule has 112 valence electrons. The summed E-state index contributed by atoms with van der Waals surface area (Å²) in [5.41, 5.74) is 6.50. The van der Waals surface area contributed by atoms with E-state index in [1.54, 1.807) is 12.1 Å². The van der Waals surface area contributed by atoms with Crippen LogP contribution in [-0.2, 0) is 6.42 Å². The van der Waals surface area contributed by atoms with Crippen LogP contribution in [0.1, 0.15) is 48.9 Å². The summed E-state index contributed by atoms with van der Waals surface area (Å²) in [5, 5.41) is 4.31. The van der Waals surface area contributed by atoms with Crippen LogP contribution in [0.2, 0.25) is 5.02 Å². The molecule has 2 N–H and O–H groups in total. The standard InChI is InChI=1S/C15H17ClFN3O/c16-11-5-3-6-12(17)10(11)8-14-19-15(21-20-14)9-4-1-2-7-13(9)18/h3,5-6,9,13H,1-2,4,7-8,18H2. The van der Waals surface area contributed by atoms with Crippen molar-refractivity contribution in [3.8, 4) is 0 Å². The van der Waals surface area contributed by atoms with Crippen LogP contribution in [-0.4, -0.2) is 16.2 Å². The van der Waals surface area contributed by atoms with E-state index in [1.165, 1.54) is 6.07 Å². The molecule has 1 aromatic heterocycles. The van der Waals surface area contributed by atoms with E-state index in [9.17, 15) is 4.39 Å². The van der Waals surface area contributed by atoms with Gasteiger partial charge >= 0.3 is 0 Å². The third kappa shape index (κ3) is 3.09. The topological polar surface area (TPSA) is 64.9 Å². The van der Waals surface area contributed by atoms with Crippen LogP contribution in [0.3, 0.4) is 0 Å². The van der Waals surface area contributed by atoms with E-state index in [2.05, 4.69) is 10.1 Å². The number of nitrogens with two attached hydrogens (primary N) is 1. The van der Waals surface area contributed by atoms with E-state index in [-0.39, 0.29) is 24.2 Å². The zero-order chi connectivity index (χ0) is 14.8. The highest BCUT2D eigenvalue weighted by Crippen LogP contribution is 2.31. The third-order valence-electron chi connectivity index (χ3n) is 4.02. The van der Waals surface area contributed by atoms with Gasteiger partial charge in [-0.05, 0) is 25.0 Å². The highest BCUT2D eigenvalue weighted by atomic mass is 35.5. The summed E-state index contributed by atoms with van der Waals surface area (Å²) in [6.07, 6.45) is 4.42. The molecule has 0 saturated heterocycles. The van der Waals surface area contributed by atoms with E-state index in [0.717, 1.165) is 25.7 Å². The number of hydrogen-bond acceptors (Lipinski definition) is 4.